The fourth-order valence-electron chi connectivity index (χ4n) is 3.82. The van der Waals surface area contributed by atoms with Gasteiger partial charge in [0.1, 0.15) is 29.8 Å². The molecule has 2 N–H and O–H groups in total. The van der Waals surface area contributed by atoms with Crippen molar-refractivity contribution in [2.45, 2.75) is 39.8 Å². The maximum Gasteiger partial charge on any atom is 0.242 e. The summed E-state index contributed by atoms with van der Waals surface area (Å²) in [6, 6.07) is 9.74. The Bertz CT molecular complexity index is 1260. The molecule has 0 unspecified atom stereocenters. The van der Waals surface area contributed by atoms with E-state index < -0.39 is 0 Å². The van der Waals surface area contributed by atoms with Crippen molar-refractivity contribution in [3.05, 3.63) is 65.3 Å². The van der Waals surface area contributed by atoms with Crippen molar-refractivity contribution in [1.29, 1.82) is 0 Å². The van der Waals surface area contributed by atoms with Crippen molar-refractivity contribution in [3.8, 4) is 0 Å². The number of nitrogens with one attached hydrogen (secondary N) is 2. The van der Waals surface area contributed by atoms with Crippen LogP contribution in [0.4, 0.5) is 5.82 Å². The standard InChI is InChI=1S/C23H28N8O/c1-14-26-21(11-22(27-14)30(4)5)20(10-17-12-24-19-9-7-6-8-18(17)19)28-23(32)13-31-16(3)25-15(2)29-31/h6-9,11-12,20,24H,10,13H2,1-5H3,(H,28,32)/t20-/m0/s1. The molecule has 0 saturated carbocycles. The Labute approximate surface area is 186 Å². The second-order valence-electron chi connectivity index (χ2n) is 8.14. The van der Waals surface area contributed by atoms with Gasteiger partial charge >= 0.3 is 0 Å². The van der Waals surface area contributed by atoms with Crippen LogP contribution in [0.3, 0.4) is 0 Å². The van der Waals surface area contributed by atoms with Crippen molar-refractivity contribution in [3.63, 3.8) is 0 Å². The number of carbonyl (C=O) groups excluding carboxylic acids is 1. The van der Waals surface area contributed by atoms with Crippen molar-refractivity contribution >= 4 is 22.6 Å². The molecule has 0 bridgehead atoms. The van der Waals surface area contributed by atoms with Crippen LogP contribution in [0.5, 0.6) is 0 Å². The Balaban J connectivity index is 1.66. The van der Waals surface area contributed by atoms with Crippen LogP contribution in [-0.4, -0.2) is 49.7 Å². The SMILES string of the molecule is Cc1nc([C@H](Cc2c[nH]c3ccccc23)NC(=O)Cn2nc(C)nc2C)cc(N(C)C)n1. The highest BCUT2D eigenvalue weighted by Gasteiger charge is 2.21. The second kappa shape index (κ2) is 8.78. The van der Waals surface area contributed by atoms with Crippen LogP contribution < -0.4 is 10.2 Å². The molecule has 1 aromatic carbocycles. The van der Waals surface area contributed by atoms with Gasteiger partial charge in [0, 0.05) is 43.7 Å². The number of benzene rings is 1. The van der Waals surface area contributed by atoms with Gasteiger partial charge in [0.25, 0.3) is 0 Å². The molecule has 0 aliphatic heterocycles. The molecule has 3 aromatic heterocycles. The number of H-pyrrole nitrogens is 1. The van der Waals surface area contributed by atoms with Crippen LogP contribution in [-0.2, 0) is 17.8 Å². The number of amides is 1. The van der Waals surface area contributed by atoms with Crippen molar-refractivity contribution < 1.29 is 4.79 Å². The van der Waals surface area contributed by atoms with E-state index in [0.717, 1.165) is 28.0 Å². The lowest BCUT2D eigenvalue weighted by Gasteiger charge is -2.21. The molecule has 4 rings (SSSR count). The molecule has 0 saturated heterocycles. The van der Waals surface area contributed by atoms with E-state index in [0.29, 0.717) is 23.9 Å². The molecular weight excluding hydrogens is 404 g/mol. The average molecular weight is 433 g/mol. The van der Waals surface area contributed by atoms with E-state index in [2.05, 4.69) is 36.4 Å². The summed E-state index contributed by atoms with van der Waals surface area (Å²) >= 11 is 0. The molecule has 9 heteroatoms. The predicted molar refractivity (Wildman–Crippen MR) is 123 cm³/mol. The van der Waals surface area contributed by atoms with Crippen molar-refractivity contribution in [2.75, 3.05) is 19.0 Å². The molecule has 0 radical (unpaired) electrons. The topological polar surface area (TPSA) is 105 Å². The summed E-state index contributed by atoms with van der Waals surface area (Å²) < 4.78 is 1.61. The molecular formula is C23H28N8O. The van der Waals surface area contributed by atoms with Gasteiger partial charge < -0.3 is 15.2 Å². The number of carbonyl (C=O) groups is 1. The zero-order chi connectivity index (χ0) is 22.8. The number of nitrogens with zero attached hydrogens (tertiary/aromatic N) is 6. The molecule has 32 heavy (non-hydrogen) atoms. The van der Waals surface area contributed by atoms with Crippen LogP contribution in [0, 0.1) is 20.8 Å². The van der Waals surface area contributed by atoms with Crippen LogP contribution in [0.1, 0.15) is 34.8 Å². The minimum Gasteiger partial charge on any atom is -0.363 e. The lowest BCUT2D eigenvalue weighted by Crippen LogP contribution is -2.34. The number of anilines is 1. The van der Waals surface area contributed by atoms with Crippen LogP contribution in [0.15, 0.2) is 36.5 Å². The Morgan fingerprint density at radius 3 is 2.62 bits per heavy atom. The molecule has 9 nitrogen and oxygen atoms in total. The Hall–Kier alpha value is -3.75. The van der Waals surface area contributed by atoms with Gasteiger partial charge in [-0.3, -0.25) is 4.79 Å². The predicted octanol–water partition coefficient (Wildman–Crippen LogP) is 2.64. The highest BCUT2D eigenvalue weighted by atomic mass is 16.2. The highest BCUT2D eigenvalue weighted by molar-refractivity contribution is 5.83. The molecule has 0 fully saturated rings. The first-order chi connectivity index (χ1) is 15.3. The van der Waals surface area contributed by atoms with Crippen molar-refractivity contribution in [2.24, 2.45) is 0 Å². The molecule has 4 aromatic rings. The minimum atomic E-state index is -0.327. The fraction of sp³-hybridized carbons (Fsp3) is 0.348. The quantitative estimate of drug-likeness (QED) is 0.465. The van der Waals surface area contributed by atoms with Crippen LogP contribution in [0.25, 0.3) is 10.9 Å². The third kappa shape index (κ3) is 4.61. The second-order valence-corrected chi connectivity index (χ2v) is 8.14. The van der Waals surface area contributed by atoms with E-state index >= 15 is 0 Å². The van der Waals surface area contributed by atoms with Gasteiger partial charge in [-0.15, -0.1) is 0 Å². The third-order valence-corrected chi connectivity index (χ3v) is 5.35. The molecule has 0 spiro atoms. The highest BCUT2D eigenvalue weighted by Crippen LogP contribution is 2.25. The molecule has 3 heterocycles. The summed E-state index contributed by atoms with van der Waals surface area (Å²) in [6.45, 7) is 5.62. The number of aromatic nitrogens is 6. The normalized spacial score (nSPS) is 12.2. The van der Waals surface area contributed by atoms with Gasteiger partial charge in [0.05, 0.1) is 11.7 Å². The number of hydrogen-bond acceptors (Lipinski definition) is 6. The smallest absolute Gasteiger partial charge is 0.242 e. The summed E-state index contributed by atoms with van der Waals surface area (Å²) in [5, 5.41) is 8.60. The monoisotopic (exact) mass is 432 g/mol. The van der Waals surface area contributed by atoms with E-state index in [1.54, 1.807) is 4.68 Å². The largest absolute Gasteiger partial charge is 0.363 e. The Morgan fingerprint density at radius 1 is 1.12 bits per heavy atom. The molecule has 1 atom stereocenters. The molecule has 0 aliphatic carbocycles. The summed E-state index contributed by atoms with van der Waals surface area (Å²) in [5.74, 6) is 2.66. The zero-order valence-electron chi connectivity index (χ0n) is 19.0. The maximum atomic E-state index is 13.0. The summed E-state index contributed by atoms with van der Waals surface area (Å²) in [4.78, 5) is 31.7. The third-order valence-electron chi connectivity index (χ3n) is 5.35. The molecule has 166 valence electrons. The first-order valence-electron chi connectivity index (χ1n) is 10.6. The minimum absolute atomic E-state index is 0.0989. The van der Waals surface area contributed by atoms with E-state index in [-0.39, 0.29) is 18.5 Å². The van der Waals surface area contributed by atoms with E-state index in [9.17, 15) is 4.79 Å². The number of para-hydroxylation sites is 1. The Morgan fingerprint density at radius 2 is 1.91 bits per heavy atom. The van der Waals surface area contributed by atoms with Gasteiger partial charge in [0.15, 0.2) is 0 Å². The van der Waals surface area contributed by atoms with Gasteiger partial charge in [-0.1, -0.05) is 18.2 Å². The number of aryl methyl sites for hydroxylation is 3. The average Bonchev–Trinajstić information content (AvgIpc) is 3.29. The summed E-state index contributed by atoms with van der Waals surface area (Å²) in [6.07, 6.45) is 2.59. The van der Waals surface area contributed by atoms with Gasteiger partial charge in [0.2, 0.25) is 5.91 Å². The summed E-state index contributed by atoms with van der Waals surface area (Å²) in [5.41, 5.74) is 2.95. The Kier molecular flexibility index (Phi) is 5.89. The summed E-state index contributed by atoms with van der Waals surface area (Å²) in [7, 11) is 3.88. The lowest BCUT2D eigenvalue weighted by atomic mass is 10.0. The maximum absolute atomic E-state index is 13.0. The zero-order valence-corrected chi connectivity index (χ0v) is 19.0. The number of fused-ring (bicyclic) bond motifs is 1. The van der Waals surface area contributed by atoms with E-state index in [1.165, 1.54) is 0 Å². The first-order valence-corrected chi connectivity index (χ1v) is 10.6. The number of hydrogen-bond donors (Lipinski definition) is 2. The van der Waals surface area contributed by atoms with E-state index in [4.69, 9.17) is 0 Å². The fourth-order valence-corrected chi connectivity index (χ4v) is 3.82. The van der Waals surface area contributed by atoms with Crippen LogP contribution in [0.2, 0.25) is 0 Å². The first kappa shape index (κ1) is 21.5. The lowest BCUT2D eigenvalue weighted by molar-refractivity contribution is -0.122. The number of aromatic amines is 1. The number of rotatable bonds is 7. The molecule has 0 aliphatic rings. The van der Waals surface area contributed by atoms with Crippen LogP contribution >= 0.6 is 0 Å². The van der Waals surface area contributed by atoms with E-state index in [1.807, 2.05) is 70.2 Å². The van der Waals surface area contributed by atoms with Gasteiger partial charge in [-0.25, -0.2) is 19.6 Å². The van der Waals surface area contributed by atoms with Gasteiger partial charge in [-0.2, -0.15) is 5.10 Å². The van der Waals surface area contributed by atoms with Gasteiger partial charge in [-0.05, 0) is 32.4 Å². The van der Waals surface area contributed by atoms with Crippen molar-refractivity contribution in [1.82, 2.24) is 35.0 Å². The molecule has 1 amide bonds.